The normalized spacial score (nSPS) is 19.4. The van der Waals surface area contributed by atoms with Crippen LogP contribution in [0.5, 0.6) is 0 Å². The number of hydrogen-bond acceptors (Lipinski definition) is 2. The SMILES string of the molecule is CC1(C)CCN(c2c(Cl)cc(N)cc2Cl)CC1. The molecule has 17 heavy (non-hydrogen) atoms. The van der Waals surface area contributed by atoms with Crippen molar-refractivity contribution < 1.29 is 0 Å². The van der Waals surface area contributed by atoms with E-state index >= 15 is 0 Å². The van der Waals surface area contributed by atoms with Gasteiger partial charge in [-0.1, -0.05) is 37.0 Å². The number of nitrogens with two attached hydrogens (primary N) is 1. The van der Waals surface area contributed by atoms with Gasteiger partial charge in [-0.05, 0) is 30.4 Å². The quantitative estimate of drug-likeness (QED) is 0.777. The molecule has 1 saturated heterocycles. The molecule has 0 bridgehead atoms. The zero-order valence-electron chi connectivity index (χ0n) is 10.3. The van der Waals surface area contributed by atoms with Crippen molar-refractivity contribution in [3.05, 3.63) is 22.2 Å². The fourth-order valence-electron chi connectivity index (χ4n) is 2.22. The highest BCUT2D eigenvalue weighted by Crippen LogP contribution is 2.39. The van der Waals surface area contributed by atoms with Crippen LogP contribution in [0.4, 0.5) is 11.4 Å². The first-order valence-corrected chi connectivity index (χ1v) is 6.64. The highest BCUT2D eigenvalue weighted by atomic mass is 35.5. The van der Waals surface area contributed by atoms with Crippen molar-refractivity contribution in [3.8, 4) is 0 Å². The molecule has 0 amide bonds. The van der Waals surface area contributed by atoms with E-state index in [2.05, 4.69) is 18.7 Å². The molecule has 0 aliphatic carbocycles. The summed E-state index contributed by atoms with van der Waals surface area (Å²) in [6.07, 6.45) is 2.31. The standard InChI is InChI=1S/C13H18Cl2N2/c1-13(2)3-5-17(6-4-13)12-10(14)7-9(16)8-11(12)15/h7-8H,3-6,16H2,1-2H3. The number of piperidine rings is 1. The number of nitrogens with zero attached hydrogens (tertiary/aromatic N) is 1. The van der Waals surface area contributed by atoms with E-state index in [0.29, 0.717) is 21.1 Å². The molecule has 0 unspecified atom stereocenters. The Morgan fingerprint density at radius 2 is 1.59 bits per heavy atom. The monoisotopic (exact) mass is 272 g/mol. The van der Waals surface area contributed by atoms with Gasteiger partial charge >= 0.3 is 0 Å². The smallest absolute Gasteiger partial charge is 0.0746 e. The summed E-state index contributed by atoms with van der Waals surface area (Å²) >= 11 is 12.5. The molecule has 0 spiro atoms. The van der Waals surface area contributed by atoms with Crippen molar-refractivity contribution in [2.24, 2.45) is 5.41 Å². The van der Waals surface area contributed by atoms with Crippen molar-refractivity contribution in [1.29, 1.82) is 0 Å². The second-order valence-electron chi connectivity index (χ2n) is 5.48. The average molecular weight is 273 g/mol. The summed E-state index contributed by atoms with van der Waals surface area (Å²) in [6, 6.07) is 3.53. The predicted octanol–water partition coefficient (Wildman–Crippen LogP) is 4.20. The Labute approximate surface area is 113 Å². The maximum Gasteiger partial charge on any atom is 0.0746 e. The Kier molecular flexibility index (Phi) is 3.46. The maximum absolute atomic E-state index is 6.23. The van der Waals surface area contributed by atoms with Crippen LogP contribution in [-0.4, -0.2) is 13.1 Å². The van der Waals surface area contributed by atoms with Crippen LogP contribution in [0.3, 0.4) is 0 Å². The number of anilines is 2. The van der Waals surface area contributed by atoms with Crippen molar-refractivity contribution in [3.63, 3.8) is 0 Å². The molecular weight excluding hydrogens is 255 g/mol. The zero-order chi connectivity index (χ0) is 12.6. The third kappa shape index (κ3) is 2.80. The van der Waals surface area contributed by atoms with Gasteiger partial charge in [0.05, 0.1) is 15.7 Å². The van der Waals surface area contributed by atoms with E-state index in [4.69, 9.17) is 28.9 Å². The minimum absolute atomic E-state index is 0.420. The summed E-state index contributed by atoms with van der Waals surface area (Å²) in [5.41, 5.74) is 7.67. The van der Waals surface area contributed by atoms with Gasteiger partial charge in [-0.2, -0.15) is 0 Å². The lowest BCUT2D eigenvalue weighted by Gasteiger charge is -2.38. The van der Waals surface area contributed by atoms with Crippen LogP contribution in [0.2, 0.25) is 10.0 Å². The lowest BCUT2D eigenvalue weighted by atomic mass is 9.82. The Balaban J connectivity index is 2.24. The lowest BCUT2D eigenvalue weighted by Crippen LogP contribution is -2.37. The molecular formula is C13H18Cl2N2. The van der Waals surface area contributed by atoms with Gasteiger partial charge in [0.15, 0.2) is 0 Å². The Bertz CT molecular complexity index is 396. The Morgan fingerprint density at radius 1 is 1.12 bits per heavy atom. The van der Waals surface area contributed by atoms with Gasteiger partial charge < -0.3 is 10.6 Å². The van der Waals surface area contributed by atoms with Crippen LogP contribution >= 0.6 is 23.2 Å². The van der Waals surface area contributed by atoms with Gasteiger partial charge in [0.1, 0.15) is 0 Å². The van der Waals surface area contributed by atoms with Gasteiger partial charge in [0, 0.05) is 18.8 Å². The number of halogens is 2. The molecule has 4 heteroatoms. The first-order chi connectivity index (χ1) is 7.89. The number of nitrogen functional groups attached to an aromatic ring is 1. The van der Waals surface area contributed by atoms with Gasteiger partial charge in [0.25, 0.3) is 0 Å². The van der Waals surface area contributed by atoms with Gasteiger partial charge in [-0.25, -0.2) is 0 Å². The highest BCUT2D eigenvalue weighted by Gasteiger charge is 2.27. The highest BCUT2D eigenvalue weighted by molar-refractivity contribution is 6.39. The van der Waals surface area contributed by atoms with Crippen LogP contribution in [0.1, 0.15) is 26.7 Å². The summed E-state index contributed by atoms with van der Waals surface area (Å²) in [5.74, 6) is 0. The molecule has 1 aliphatic rings. The molecule has 0 radical (unpaired) electrons. The van der Waals surface area contributed by atoms with Crippen LogP contribution in [-0.2, 0) is 0 Å². The maximum atomic E-state index is 6.23. The molecule has 1 aromatic rings. The molecule has 0 atom stereocenters. The van der Waals surface area contributed by atoms with Gasteiger partial charge in [-0.15, -0.1) is 0 Å². The van der Waals surface area contributed by atoms with Gasteiger partial charge in [-0.3, -0.25) is 0 Å². The van der Waals surface area contributed by atoms with Crippen molar-refractivity contribution in [2.45, 2.75) is 26.7 Å². The van der Waals surface area contributed by atoms with Crippen molar-refractivity contribution in [1.82, 2.24) is 0 Å². The Morgan fingerprint density at radius 3 is 2.06 bits per heavy atom. The van der Waals surface area contributed by atoms with E-state index in [0.717, 1.165) is 31.6 Å². The number of rotatable bonds is 1. The van der Waals surface area contributed by atoms with E-state index < -0.39 is 0 Å². The molecule has 94 valence electrons. The first-order valence-electron chi connectivity index (χ1n) is 5.88. The fraction of sp³-hybridized carbons (Fsp3) is 0.538. The second kappa shape index (κ2) is 4.58. The summed E-state index contributed by atoms with van der Waals surface area (Å²) in [6.45, 7) is 6.60. The molecule has 0 saturated carbocycles. The second-order valence-corrected chi connectivity index (χ2v) is 6.30. The van der Waals surface area contributed by atoms with Crippen LogP contribution in [0, 0.1) is 5.41 Å². The zero-order valence-corrected chi connectivity index (χ0v) is 11.8. The van der Waals surface area contributed by atoms with E-state index in [1.807, 2.05) is 0 Å². The molecule has 1 heterocycles. The van der Waals surface area contributed by atoms with Crippen molar-refractivity contribution >= 4 is 34.6 Å². The largest absolute Gasteiger partial charge is 0.399 e. The summed E-state index contributed by atoms with van der Waals surface area (Å²) in [4.78, 5) is 2.26. The summed E-state index contributed by atoms with van der Waals surface area (Å²) < 4.78 is 0. The minimum Gasteiger partial charge on any atom is -0.399 e. The third-order valence-corrected chi connectivity index (χ3v) is 4.05. The van der Waals surface area contributed by atoms with E-state index in [1.54, 1.807) is 12.1 Å². The molecule has 2 rings (SSSR count). The molecule has 2 N–H and O–H groups in total. The van der Waals surface area contributed by atoms with E-state index in [1.165, 1.54) is 0 Å². The Hall–Kier alpha value is -0.600. The number of hydrogen-bond donors (Lipinski definition) is 1. The molecule has 1 aliphatic heterocycles. The molecule has 0 aromatic heterocycles. The fourth-order valence-corrected chi connectivity index (χ4v) is 2.97. The molecule has 1 aromatic carbocycles. The summed E-state index contributed by atoms with van der Waals surface area (Å²) in [5, 5.41) is 1.30. The minimum atomic E-state index is 0.420. The lowest BCUT2D eigenvalue weighted by molar-refractivity contribution is 0.280. The van der Waals surface area contributed by atoms with E-state index in [-0.39, 0.29) is 0 Å². The first kappa shape index (κ1) is 12.8. The molecule has 1 fully saturated rings. The van der Waals surface area contributed by atoms with Gasteiger partial charge in [0.2, 0.25) is 0 Å². The summed E-state index contributed by atoms with van der Waals surface area (Å²) in [7, 11) is 0. The van der Waals surface area contributed by atoms with Crippen LogP contribution in [0.25, 0.3) is 0 Å². The topological polar surface area (TPSA) is 29.3 Å². The average Bonchev–Trinajstić information content (AvgIpc) is 2.19. The third-order valence-electron chi connectivity index (χ3n) is 3.47. The molecule has 2 nitrogen and oxygen atoms in total. The van der Waals surface area contributed by atoms with Crippen LogP contribution < -0.4 is 10.6 Å². The van der Waals surface area contributed by atoms with Crippen LogP contribution in [0.15, 0.2) is 12.1 Å². The van der Waals surface area contributed by atoms with Crippen molar-refractivity contribution in [2.75, 3.05) is 23.7 Å². The van der Waals surface area contributed by atoms with E-state index in [9.17, 15) is 0 Å². The predicted molar refractivity (Wildman–Crippen MR) is 76.1 cm³/mol. The number of benzene rings is 1.